The van der Waals surface area contributed by atoms with Gasteiger partial charge < -0.3 is 14.5 Å². The van der Waals surface area contributed by atoms with Gasteiger partial charge in [-0.2, -0.15) is 18.2 Å². The topological polar surface area (TPSA) is 63.5 Å². The number of fused-ring (bicyclic) bond motifs is 1. The van der Waals surface area contributed by atoms with Gasteiger partial charge in [0.2, 0.25) is 5.95 Å². The third-order valence-corrected chi connectivity index (χ3v) is 5.61. The first kappa shape index (κ1) is 20.9. The average Bonchev–Trinajstić information content (AvgIpc) is 2.69. The van der Waals surface area contributed by atoms with Gasteiger partial charge in [-0.15, -0.1) is 0 Å². The molecule has 2 aliphatic heterocycles. The summed E-state index contributed by atoms with van der Waals surface area (Å²) in [5.41, 5.74) is 0.0470. The van der Waals surface area contributed by atoms with E-state index in [1.807, 2.05) is 11.8 Å². The summed E-state index contributed by atoms with van der Waals surface area (Å²) in [5.74, 6) is 0.379. The van der Waals surface area contributed by atoms with Crippen LogP contribution in [0.2, 0.25) is 5.15 Å². The Morgan fingerprint density at radius 3 is 2.77 bits per heavy atom. The van der Waals surface area contributed by atoms with Crippen molar-refractivity contribution < 1.29 is 17.9 Å². The quantitative estimate of drug-likeness (QED) is 0.679. The predicted octanol–water partition coefficient (Wildman–Crippen LogP) is 3.03. The summed E-state index contributed by atoms with van der Waals surface area (Å²) in [5, 5.41) is 0.327. The number of ether oxygens (including phenoxy) is 1. The summed E-state index contributed by atoms with van der Waals surface area (Å²) in [6.07, 6.45) is -3.21. The number of anilines is 2. The van der Waals surface area contributed by atoms with Crippen molar-refractivity contribution in [3.63, 3.8) is 0 Å². The van der Waals surface area contributed by atoms with E-state index < -0.39 is 17.8 Å². The minimum absolute atomic E-state index is 0.0136. The second kappa shape index (κ2) is 8.07. The van der Waals surface area contributed by atoms with Crippen LogP contribution >= 0.6 is 11.6 Å². The van der Waals surface area contributed by atoms with E-state index in [-0.39, 0.29) is 31.5 Å². The molecule has 2 atom stereocenters. The van der Waals surface area contributed by atoms with Crippen molar-refractivity contribution in [2.24, 2.45) is 0 Å². The van der Waals surface area contributed by atoms with Crippen LogP contribution in [0, 0.1) is 0 Å². The van der Waals surface area contributed by atoms with E-state index in [4.69, 9.17) is 16.3 Å². The lowest BCUT2D eigenvalue weighted by Gasteiger charge is -2.39. The van der Waals surface area contributed by atoms with Crippen LogP contribution in [-0.4, -0.2) is 53.1 Å². The molecule has 0 radical (unpaired) electrons. The average molecular weight is 444 g/mol. The Bertz CT molecular complexity index is 966. The molecule has 0 amide bonds. The molecule has 0 spiro atoms. The van der Waals surface area contributed by atoms with Crippen molar-refractivity contribution in [3.05, 3.63) is 45.5 Å². The number of hydrogen-bond acceptors (Lipinski definition) is 6. The molecule has 2 unspecified atom stereocenters. The largest absolute Gasteiger partial charge is 0.409 e. The Kier molecular flexibility index (Phi) is 5.63. The molecule has 2 aromatic heterocycles. The lowest BCUT2D eigenvalue weighted by atomic mass is 10.1. The standard InChI is InChI=1S/C19H21ClF3N5O2/c1-12-11-30-7-6-27(12)16-8-17(29)28-14(19(21,22)23)4-5-26(18(28)25-16)10-13-2-3-15(20)24-9-13/h2-3,8-9,12,14H,4-7,10-11H2,1H3. The van der Waals surface area contributed by atoms with E-state index >= 15 is 0 Å². The molecule has 2 aromatic rings. The number of rotatable bonds is 3. The van der Waals surface area contributed by atoms with Gasteiger partial charge in [-0.1, -0.05) is 17.7 Å². The van der Waals surface area contributed by atoms with Crippen LogP contribution in [0.5, 0.6) is 0 Å². The lowest BCUT2D eigenvalue weighted by molar-refractivity contribution is -0.171. The minimum atomic E-state index is -4.54. The van der Waals surface area contributed by atoms with E-state index in [9.17, 15) is 18.0 Å². The molecule has 7 nitrogen and oxygen atoms in total. The lowest BCUT2D eigenvalue weighted by Crippen LogP contribution is -2.48. The van der Waals surface area contributed by atoms with Crippen molar-refractivity contribution in [2.75, 3.05) is 36.1 Å². The van der Waals surface area contributed by atoms with E-state index in [1.54, 1.807) is 23.2 Å². The van der Waals surface area contributed by atoms with Crippen molar-refractivity contribution in [1.82, 2.24) is 14.5 Å². The van der Waals surface area contributed by atoms with Crippen molar-refractivity contribution >= 4 is 23.4 Å². The van der Waals surface area contributed by atoms with Crippen molar-refractivity contribution in [3.8, 4) is 0 Å². The van der Waals surface area contributed by atoms with Crippen LogP contribution in [-0.2, 0) is 11.3 Å². The highest BCUT2D eigenvalue weighted by Crippen LogP contribution is 2.38. The molecule has 0 N–H and O–H groups in total. The van der Waals surface area contributed by atoms with Crippen LogP contribution in [0.25, 0.3) is 0 Å². The Labute approximate surface area is 176 Å². The minimum Gasteiger partial charge on any atom is -0.377 e. The number of aromatic nitrogens is 3. The van der Waals surface area contributed by atoms with Gasteiger partial charge in [-0.05, 0) is 25.0 Å². The molecule has 0 aliphatic carbocycles. The smallest absolute Gasteiger partial charge is 0.377 e. The second-order valence-electron chi connectivity index (χ2n) is 7.50. The van der Waals surface area contributed by atoms with Gasteiger partial charge in [0.15, 0.2) is 0 Å². The molecular weight excluding hydrogens is 423 g/mol. The zero-order chi connectivity index (χ0) is 21.5. The van der Waals surface area contributed by atoms with Gasteiger partial charge in [0, 0.05) is 31.9 Å². The molecule has 30 heavy (non-hydrogen) atoms. The molecule has 1 fully saturated rings. The zero-order valence-electron chi connectivity index (χ0n) is 16.3. The monoisotopic (exact) mass is 443 g/mol. The first-order valence-electron chi connectivity index (χ1n) is 9.64. The maximum atomic E-state index is 13.7. The van der Waals surface area contributed by atoms with Gasteiger partial charge in [-0.25, -0.2) is 4.98 Å². The van der Waals surface area contributed by atoms with Crippen LogP contribution in [0.1, 0.15) is 24.9 Å². The summed E-state index contributed by atoms with van der Waals surface area (Å²) in [6.45, 7) is 3.75. The van der Waals surface area contributed by atoms with Crippen molar-refractivity contribution in [2.45, 2.75) is 38.1 Å². The summed E-state index contributed by atoms with van der Waals surface area (Å²) < 4.78 is 47.2. The highest BCUT2D eigenvalue weighted by atomic mass is 35.5. The normalized spacial score (nSPS) is 22.2. The molecule has 1 saturated heterocycles. The van der Waals surface area contributed by atoms with Gasteiger partial charge in [0.25, 0.3) is 5.56 Å². The number of halogens is 4. The van der Waals surface area contributed by atoms with E-state index in [0.29, 0.717) is 30.7 Å². The first-order valence-corrected chi connectivity index (χ1v) is 10.0. The summed E-state index contributed by atoms with van der Waals surface area (Å²) in [6, 6.07) is 2.62. The number of pyridine rings is 1. The van der Waals surface area contributed by atoms with E-state index in [2.05, 4.69) is 9.97 Å². The predicted molar refractivity (Wildman–Crippen MR) is 106 cm³/mol. The first-order chi connectivity index (χ1) is 14.2. The van der Waals surface area contributed by atoms with Crippen LogP contribution in [0.3, 0.4) is 0 Å². The Balaban J connectivity index is 1.77. The fourth-order valence-corrected chi connectivity index (χ4v) is 4.00. The van der Waals surface area contributed by atoms with Crippen molar-refractivity contribution in [1.29, 1.82) is 0 Å². The van der Waals surface area contributed by atoms with Crippen LogP contribution in [0.4, 0.5) is 24.9 Å². The van der Waals surface area contributed by atoms with Gasteiger partial charge >= 0.3 is 6.18 Å². The molecular formula is C19H21ClF3N5O2. The number of nitrogens with zero attached hydrogens (tertiary/aromatic N) is 5. The molecule has 0 saturated carbocycles. The van der Waals surface area contributed by atoms with Gasteiger partial charge in [-0.3, -0.25) is 9.36 Å². The number of morpholine rings is 1. The number of hydrogen-bond donors (Lipinski definition) is 0. The van der Waals surface area contributed by atoms with Gasteiger partial charge in [0.05, 0.1) is 19.3 Å². The summed E-state index contributed by atoms with van der Waals surface area (Å²) >= 11 is 5.82. The molecule has 0 bridgehead atoms. The fraction of sp³-hybridized carbons (Fsp3) is 0.526. The maximum Gasteiger partial charge on any atom is 0.409 e. The molecule has 4 rings (SSSR count). The SMILES string of the molecule is CC1COCCN1c1cc(=O)n2c(n1)N(Cc1ccc(Cl)nc1)CCC2C(F)(F)F. The highest BCUT2D eigenvalue weighted by molar-refractivity contribution is 6.29. The zero-order valence-corrected chi connectivity index (χ0v) is 17.0. The maximum absolute atomic E-state index is 13.7. The van der Waals surface area contributed by atoms with Crippen LogP contribution < -0.4 is 15.4 Å². The molecule has 0 aromatic carbocycles. The second-order valence-corrected chi connectivity index (χ2v) is 7.88. The Hall–Kier alpha value is -2.33. The van der Waals surface area contributed by atoms with E-state index in [1.165, 1.54) is 6.07 Å². The van der Waals surface area contributed by atoms with Crippen LogP contribution in [0.15, 0.2) is 29.2 Å². The fourth-order valence-electron chi connectivity index (χ4n) is 3.89. The summed E-state index contributed by atoms with van der Waals surface area (Å²) in [4.78, 5) is 25.0. The molecule has 11 heteroatoms. The number of alkyl halides is 3. The highest BCUT2D eigenvalue weighted by Gasteiger charge is 2.45. The Morgan fingerprint density at radius 1 is 1.30 bits per heavy atom. The Morgan fingerprint density at radius 2 is 2.10 bits per heavy atom. The van der Waals surface area contributed by atoms with E-state index in [0.717, 1.165) is 10.1 Å². The van der Waals surface area contributed by atoms with Gasteiger partial charge in [0.1, 0.15) is 17.0 Å². The molecule has 4 heterocycles. The third-order valence-electron chi connectivity index (χ3n) is 5.39. The third kappa shape index (κ3) is 4.11. The molecule has 2 aliphatic rings. The summed E-state index contributed by atoms with van der Waals surface area (Å²) in [7, 11) is 0. The molecule has 162 valence electrons.